The van der Waals surface area contributed by atoms with Gasteiger partial charge in [0.05, 0.1) is 16.3 Å². The van der Waals surface area contributed by atoms with Crippen LogP contribution in [0.5, 0.6) is 5.75 Å². The number of hydrogen-bond donors (Lipinski definition) is 1. The van der Waals surface area contributed by atoms with Gasteiger partial charge < -0.3 is 10.1 Å². The fourth-order valence-corrected chi connectivity index (χ4v) is 3.15. The molecule has 3 unspecified atom stereocenters. The van der Waals surface area contributed by atoms with Crippen molar-refractivity contribution in [1.82, 2.24) is 5.32 Å². The lowest BCUT2D eigenvalue weighted by Crippen LogP contribution is -2.30. The Kier molecular flexibility index (Phi) is 2.21. The number of nitrogens with one attached hydrogen (secondary N) is 1. The second-order valence-corrected chi connectivity index (χ2v) is 5.10. The van der Waals surface area contributed by atoms with Gasteiger partial charge in [-0.05, 0) is 28.4 Å². The summed E-state index contributed by atoms with van der Waals surface area (Å²) in [4.78, 5) is 11.7. The fourth-order valence-electron chi connectivity index (χ4n) is 2.67. The van der Waals surface area contributed by atoms with E-state index in [1.54, 1.807) is 0 Å². The van der Waals surface area contributed by atoms with Crippen molar-refractivity contribution in [3.63, 3.8) is 0 Å². The molecule has 2 heterocycles. The first-order valence-corrected chi connectivity index (χ1v) is 6.27. The summed E-state index contributed by atoms with van der Waals surface area (Å²) in [5, 5.41) is 2.91. The van der Waals surface area contributed by atoms with E-state index in [-0.39, 0.29) is 24.0 Å². The van der Waals surface area contributed by atoms with Gasteiger partial charge in [0, 0.05) is 5.56 Å². The third-order valence-corrected chi connectivity index (χ3v) is 4.05. The Morgan fingerprint density at radius 2 is 2.31 bits per heavy atom. The number of para-hydroxylation sites is 1. The number of hydrogen-bond acceptors (Lipinski definition) is 2. The maximum absolute atomic E-state index is 11.7. The first-order valence-electron chi connectivity index (χ1n) is 5.47. The van der Waals surface area contributed by atoms with Crippen molar-refractivity contribution in [2.45, 2.75) is 25.5 Å². The standard InChI is InChI=1S/C12H12BrNO2/c1-2-6-9-7-4-3-5-8(13)10(7)16-12(9)14-11(6)15/h3-6,9,12H,2H2,1H3,(H,14,15). The zero-order valence-corrected chi connectivity index (χ0v) is 10.5. The molecule has 0 aliphatic carbocycles. The highest BCUT2D eigenvalue weighted by molar-refractivity contribution is 9.10. The molecule has 3 rings (SSSR count). The monoisotopic (exact) mass is 281 g/mol. The zero-order valence-electron chi connectivity index (χ0n) is 8.87. The summed E-state index contributed by atoms with van der Waals surface area (Å²) in [6, 6.07) is 6.00. The molecule has 0 spiro atoms. The van der Waals surface area contributed by atoms with Crippen LogP contribution >= 0.6 is 15.9 Å². The molecule has 2 aliphatic rings. The van der Waals surface area contributed by atoms with Crippen LogP contribution in [-0.2, 0) is 4.79 Å². The van der Waals surface area contributed by atoms with E-state index in [2.05, 4.69) is 21.2 Å². The van der Waals surface area contributed by atoms with Gasteiger partial charge >= 0.3 is 0 Å². The van der Waals surface area contributed by atoms with Crippen LogP contribution in [0.15, 0.2) is 22.7 Å². The summed E-state index contributed by atoms with van der Waals surface area (Å²) in [5.74, 6) is 1.21. The van der Waals surface area contributed by atoms with E-state index in [4.69, 9.17) is 4.74 Å². The minimum atomic E-state index is -0.175. The molecule has 16 heavy (non-hydrogen) atoms. The number of benzene rings is 1. The van der Waals surface area contributed by atoms with Crippen molar-refractivity contribution >= 4 is 21.8 Å². The summed E-state index contributed by atoms with van der Waals surface area (Å²) in [5.41, 5.74) is 1.14. The van der Waals surface area contributed by atoms with Crippen molar-refractivity contribution < 1.29 is 9.53 Å². The van der Waals surface area contributed by atoms with E-state index in [0.29, 0.717) is 0 Å². The summed E-state index contributed by atoms with van der Waals surface area (Å²) >= 11 is 3.47. The minimum absolute atomic E-state index is 0.0422. The van der Waals surface area contributed by atoms with Crippen molar-refractivity contribution in [1.29, 1.82) is 0 Å². The first-order chi connectivity index (χ1) is 7.72. The first kappa shape index (κ1) is 10.1. The molecule has 1 amide bonds. The number of carbonyl (C=O) groups is 1. The van der Waals surface area contributed by atoms with Crippen LogP contribution in [0, 0.1) is 5.92 Å². The third kappa shape index (κ3) is 1.22. The van der Waals surface area contributed by atoms with Gasteiger partial charge in [-0.1, -0.05) is 19.1 Å². The predicted molar refractivity (Wildman–Crippen MR) is 63.2 cm³/mol. The lowest BCUT2D eigenvalue weighted by Gasteiger charge is -2.11. The van der Waals surface area contributed by atoms with E-state index in [1.807, 2.05) is 25.1 Å². The third-order valence-electron chi connectivity index (χ3n) is 3.42. The molecular weight excluding hydrogens is 270 g/mol. The summed E-state index contributed by atoms with van der Waals surface area (Å²) in [6.45, 7) is 2.04. The molecule has 1 aromatic carbocycles. The van der Waals surface area contributed by atoms with Crippen molar-refractivity contribution in [2.75, 3.05) is 0 Å². The second kappa shape index (κ2) is 3.48. The Labute approximate surface area is 102 Å². The van der Waals surface area contributed by atoms with E-state index < -0.39 is 0 Å². The van der Waals surface area contributed by atoms with Crippen LogP contribution in [-0.4, -0.2) is 12.1 Å². The smallest absolute Gasteiger partial charge is 0.226 e. The summed E-state index contributed by atoms with van der Waals surface area (Å²) in [7, 11) is 0. The van der Waals surface area contributed by atoms with Crippen molar-refractivity contribution in [3.05, 3.63) is 28.2 Å². The number of fused-ring (bicyclic) bond motifs is 3. The van der Waals surface area contributed by atoms with Crippen LogP contribution in [0.25, 0.3) is 0 Å². The van der Waals surface area contributed by atoms with Gasteiger partial charge in [0.15, 0.2) is 6.23 Å². The maximum atomic E-state index is 11.7. The number of amides is 1. The predicted octanol–water partition coefficient (Wildman–Crippen LogP) is 2.41. The Balaban J connectivity index is 2.08. The molecule has 0 aromatic heterocycles. The number of ether oxygens (including phenoxy) is 1. The molecule has 1 saturated heterocycles. The van der Waals surface area contributed by atoms with Gasteiger partial charge in [-0.25, -0.2) is 0 Å². The lowest BCUT2D eigenvalue weighted by molar-refractivity contribution is -0.123. The summed E-state index contributed by atoms with van der Waals surface area (Å²) in [6.07, 6.45) is 0.675. The van der Waals surface area contributed by atoms with Gasteiger partial charge in [0.1, 0.15) is 5.75 Å². The average molecular weight is 282 g/mol. The molecule has 0 saturated carbocycles. The number of halogens is 1. The van der Waals surface area contributed by atoms with Gasteiger partial charge in [0.2, 0.25) is 5.91 Å². The maximum Gasteiger partial charge on any atom is 0.226 e. The van der Waals surface area contributed by atoms with Crippen LogP contribution in [0.1, 0.15) is 24.8 Å². The number of carbonyl (C=O) groups excluding carboxylic acids is 1. The molecular formula is C12H12BrNO2. The molecule has 2 aliphatic heterocycles. The molecule has 1 aromatic rings. The van der Waals surface area contributed by atoms with Crippen molar-refractivity contribution in [2.24, 2.45) is 5.92 Å². The van der Waals surface area contributed by atoms with Gasteiger partial charge in [-0.3, -0.25) is 4.79 Å². The van der Waals surface area contributed by atoms with E-state index >= 15 is 0 Å². The Hall–Kier alpha value is -1.03. The highest BCUT2D eigenvalue weighted by Crippen LogP contribution is 2.48. The quantitative estimate of drug-likeness (QED) is 0.859. The van der Waals surface area contributed by atoms with Crippen LogP contribution in [0.2, 0.25) is 0 Å². The SMILES string of the molecule is CCC1C(=O)NC2Oc3c(Br)cccc3C21. The Morgan fingerprint density at radius 3 is 3.06 bits per heavy atom. The average Bonchev–Trinajstić information content (AvgIpc) is 2.74. The lowest BCUT2D eigenvalue weighted by atomic mass is 9.87. The molecule has 4 heteroatoms. The van der Waals surface area contributed by atoms with Crippen molar-refractivity contribution in [3.8, 4) is 5.75 Å². The van der Waals surface area contributed by atoms with E-state index in [1.165, 1.54) is 0 Å². The Morgan fingerprint density at radius 1 is 1.50 bits per heavy atom. The molecule has 84 valence electrons. The van der Waals surface area contributed by atoms with Gasteiger partial charge in [-0.15, -0.1) is 0 Å². The molecule has 3 atom stereocenters. The van der Waals surface area contributed by atoms with Crippen LogP contribution in [0.4, 0.5) is 0 Å². The molecule has 0 bridgehead atoms. The normalized spacial score (nSPS) is 30.6. The fraction of sp³-hybridized carbons (Fsp3) is 0.417. The molecule has 1 fully saturated rings. The zero-order chi connectivity index (χ0) is 11.3. The van der Waals surface area contributed by atoms with E-state index in [0.717, 1.165) is 22.2 Å². The second-order valence-electron chi connectivity index (χ2n) is 4.25. The molecule has 3 nitrogen and oxygen atoms in total. The van der Waals surface area contributed by atoms with Gasteiger partial charge in [0.25, 0.3) is 0 Å². The summed E-state index contributed by atoms with van der Waals surface area (Å²) < 4.78 is 6.75. The number of rotatable bonds is 1. The molecule has 0 radical (unpaired) electrons. The highest BCUT2D eigenvalue weighted by Gasteiger charge is 2.48. The molecule has 1 N–H and O–H groups in total. The van der Waals surface area contributed by atoms with E-state index in [9.17, 15) is 4.79 Å². The largest absolute Gasteiger partial charge is 0.468 e. The van der Waals surface area contributed by atoms with Crippen LogP contribution < -0.4 is 10.1 Å². The topological polar surface area (TPSA) is 38.3 Å². The highest BCUT2D eigenvalue weighted by atomic mass is 79.9. The van der Waals surface area contributed by atoms with Crippen LogP contribution in [0.3, 0.4) is 0 Å². The van der Waals surface area contributed by atoms with Gasteiger partial charge in [-0.2, -0.15) is 0 Å². The Bertz CT molecular complexity index is 460. The minimum Gasteiger partial charge on any atom is -0.468 e.